The van der Waals surface area contributed by atoms with E-state index in [9.17, 15) is 0 Å². The van der Waals surface area contributed by atoms with Gasteiger partial charge in [0, 0.05) is 31.7 Å². The van der Waals surface area contributed by atoms with Crippen LogP contribution in [-0.4, -0.2) is 28.9 Å². The number of nitrogens with zero attached hydrogens (tertiary/aromatic N) is 3. The number of nitrogens with one attached hydrogen (secondary N) is 1. The molecule has 0 aliphatic carbocycles. The number of rotatable bonds is 7. The molecule has 1 N–H and O–H groups in total. The van der Waals surface area contributed by atoms with Crippen molar-refractivity contribution in [1.29, 1.82) is 0 Å². The molecule has 0 fully saturated rings. The summed E-state index contributed by atoms with van der Waals surface area (Å²) in [6.07, 6.45) is 0. The molecule has 0 atom stereocenters. The summed E-state index contributed by atoms with van der Waals surface area (Å²) in [7, 11) is 2.05. The van der Waals surface area contributed by atoms with Crippen LogP contribution >= 0.6 is 0 Å². The quantitative estimate of drug-likeness (QED) is 0.824. The zero-order chi connectivity index (χ0) is 14.6. The summed E-state index contributed by atoms with van der Waals surface area (Å²) >= 11 is 0. The molecule has 1 heterocycles. The van der Waals surface area contributed by atoms with Gasteiger partial charge in [0.05, 0.1) is 5.69 Å². The SMILES string of the molecule is CCNCc1c(C)nn(C)c1N(CC(C)C)C(C)C. The second kappa shape index (κ2) is 6.94. The van der Waals surface area contributed by atoms with Gasteiger partial charge in [-0.2, -0.15) is 5.10 Å². The maximum atomic E-state index is 4.61. The van der Waals surface area contributed by atoms with Crippen LogP contribution in [0.1, 0.15) is 45.9 Å². The van der Waals surface area contributed by atoms with Crippen LogP contribution in [0.3, 0.4) is 0 Å². The lowest BCUT2D eigenvalue weighted by Crippen LogP contribution is -2.36. The molecule has 0 aliphatic heterocycles. The summed E-state index contributed by atoms with van der Waals surface area (Å²) in [6.45, 7) is 16.2. The van der Waals surface area contributed by atoms with E-state index in [1.165, 1.54) is 11.4 Å². The third kappa shape index (κ3) is 3.96. The van der Waals surface area contributed by atoms with Gasteiger partial charge in [0.1, 0.15) is 5.82 Å². The summed E-state index contributed by atoms with van der Waals surface area (Å²) in [4.78, 5) is 2.47. The van der Waals surface area contributed by atoms with Crippen molar-refractivity contribution in [2.45, 2.75) is 54.1 Å². The molecule has 0 radical (unpaired) electrons. The Kier molecular flexibility index (Phi) is 5.85. The second-order valence-corrected chi connectivity index (χ2v) is 5.93. The predicted molar refractivity (Wildman–Crippen MR) is 82.6 cm³/mol. The van der Waals surface area contributed by atoms with Crippen molar-refractivity contribution in [2.75, 3.05) is 18.0 Å². The molecule has 0 aromatic carbocycles. The monoisotopic (exact) mass is 266 g/mol. The van der Waals surface area contributed by atoms with Crippen LogP contribution in [-0.2, 0) is 13.6 Å². The zero-order valence-electron chi connectivity index (χ0n) is 13.6. The Morgan fingerprint density at radius 1 is 1.26 bits per heavy atom. The van der Waals surface area contributed by atoms with E-state index < -0.39 is 0 Å². The predicted octanol–water partition coefficient (Wildman–Crippen LogP) is 2.71. The highest BCUT2D eigenvalue weighted by atomic mass is 15.4. The third-order valence-electron chi connectivity index (χ3n) is 3.32. The van der Waals surface area contributed by atoms with Crippen LogP contribution in [0.5, 0.6) is 0 Å². The molecule has 0 aliphatic rings. The molecule has 1 rings (SSSR count). The Morgan fingerprint density at radius 3 is 2.37 bits per heavy atom. The highest BCUT2D eigenvalue weighted by molar-refractivity contribution is 5.51. The average molecular weight is 266 g/mol. The van der Waals surface area contributed by atoms with Crippen molar-refractivity contribution in [2.24, 2.45) is 13.0 Å². The first-order valence-electron chi connectivity index (χ1n) is 7.38. The minimum atomic E-state index is 0.484. The van der Waals surface area contributed by atoms with Gasteiger partial charge in [-0.1, -0.05) is 20.8 Å². The molecule has 0 saturated heterocycles. The fraction of sp³-hybridized carbons (Fsp3) is 0.800. The lowest BCUT2D eigenvalue weighted by molar-refractivity contribution is 0.550. The van der Waals surface area contributed by atoms with E-state index in [1.54, 1.807) is 0 Å². The number of aryl methyl sites for hydroxylation is 2. The average Bonchev–Trinajstić information content (AvgIpc) is 2.57. The van der Waals surface area contributed by atoms with Gasteiger partial charge in [0.15, 0.2) is 0 Å². The minimum absolute atomic E-state index is 0.484. The fourth-order valence-corrected chi connectivity index (χ4v) is 2.44. The highest BCUT2D eigenvalue weighted by Gasteiger charge is 2.21. The first-order valence-corrected chi connectivity index (χ1v) is 7.38. The molecule has 0 unspecified atom stereocenters. The van der Waals surface area contributed by atoms with Gasteiger partial charge >= 0.3 is 0 Å². The molecule has 19 heavy (non-hydrogen) atoms. The first kappa shape index (κ1) is 16.0. The normalized spacial score (nSPS) is 11.6. The highest BCUT2D eigenvalue weighted by Crippen LogP contribution is 2.25. The van der Waals surface area contributed by atoms with Crippen molar-refractivity contribution in [3.05, 3.63) is 11.3 Å². The third-order valence-corrected chi connectivity index (χ3v) is 3.32. The Hall–Kier alpha value is -1.03. The van der Waals surface area contributed by atoms with Crippen molar-refractivity contribution in [1.82, 2.24) is 15.1 Å². The van der Waals surface area contributed by atoms with Crippen LogP contribution in [0.4, 0.5) is 5.82 Å². The van der Waals surface area contributed by atoms with E-state index in [1.807, 2.05) is 11.7 Å². The number of aromatic nitrogens is 2. The molecule has 4 heteroatoms. The van der Waals surface area contributed by atoms with E-state index in [4.69, 9.17) is 0 Å². The molecule has 0 spiro atoms. The largest absolute Gasteiger partial charge is 0.354 e. The van der Waals surface area contributed by atoms with Crippen molar-refractivity contribution in [3.63, 3.8) is 0 Å². The van der Waals surface area contributed by atoms with E-state index >= 15 is 0 Å². The van der Waals surface area contributed by atoms with Crippen LogP contribution in [0.25, 0.3) is 0 Å². The Balaban J connectivity index is 3.13. The van der Waals surface area contributed by atoms with Gasteiger partial charge in [-0.3, -0.25) is 4.68 Å². The Morgan fingerprint density at radius 2 is 1.89 bits per heavy atom. The van der Waals surface area contributed by atoms with Crippen molar-refractivity contribution < 1.29 is 0 Å². The lowest BCUT2D eigenvalue weighted by atomic mass is 10.1. The lowest BCUT2D eigenvalue weighted by Gasteiger charge is -2.31. The van der Waals surface area contributed by atoms with Crippen LogP contribution in [0.15, 0.2) is 0 Å². The minimum Gasteiger partial charge on any atom is -0.354 e. The summed E-state index contributed by atoms with van der Waals surface area (Å²) in [6, 6.07) is 0.484. The molecule has 4 nitrogen and oxygen atoms in total. The Labute approximate surface area is 118 Å². The van der Waals surface area contributed by atoms with E-state index in [0.717, 1.165) is 25.3 Å². The van der Waals surface area contributed by atoms with Crippen LogP contribution in [0.2, 0.25) is 0 Å². The molecular formula is C15H30N4. The van der Waals surface area contributed by atoms with Crippen molar-refractivity contribution >= 4 is 5.82 Å². The molecular weight excluding hydrogens is 236 g/mol. The smallest absolute Gasteiger partial charge is 0.131 e. The van der Waals surface area contributed by atoms with Crippen LogP contribution < -0.4 is 10.2 Å². The molecule has 110 valence electrons. The molecule has 0 saturated carbocycles. The van der Waals surface area contributed by atoms with Gasteiger partial charge in [-0.05, 0) is 33.2 Å². The molecule has 0 amide bonds. The summed E-state index contributed by atoms with van der Waals surface area (Å²) in [5.74, 6) is 1.91. The molecule has 1 aromatic heterocycles. The fourth-order valence-electron chi connectivity index (χ4n) is 2.44. The Bertz CT molecular complexity index is 393. The zero-order valence-corrected chi connectivity index (χ0v) is 13.6. The van der Waals surface area contributed by atoms with Crippen LogP contribution in [0, 0.1) is 12.8 Å². The number of hydrogen-bond donors (Lipinski definition) is 1. The first-order chi connectivity index (χ1) is 8.88. The van der Waals surface area contributed by atoms with E-state index in [-0.39, 0.29) is 0 Å². The summed E-state index contributed by atoms with van der Waals surface area (Å²) in [5.41, 5.74) is 2.46. The number of anilines is 1. The van der Waals surface area contributed by atoms with Gasteiger partial charge in [-0.25, -0.2) is 0 Å². The van der Waals surface area contributed by atoms with Crippen molar-refractivity contribution in [3.8, 4) is 0 Å². The van der Waals surface area contributed by atoms with Gasteiger partial charge in [-0.15, -0.1) is 0 Å². The van der Waals surface area contributed by atoms with Gasteiger partial charge in [0.2, 0.25) is 0 Å². The number of hydrogen-bond acceptors (Lipinski definition) is 3. The topological polar surface area (TPSA) is 33.1 Å². The standard InChI is InChI=1S/C15H30N4/c1-8-16-9-14-13(6)17-18(7)15(14)19(12(4)5)10-11(2)3/h11-12,16H,8-10H2,1-7H3. The molecule has 0 bridgehead atoms. The maximum absolute atomic E-state index is 4.61. The second-order valence-electron chi connectivity index (χ2n) is 5.93. The van der Waals surface area contributed by atoms with Gasteiger partial charge in [0.25, 0.3) is 0 Å². The summed E-state index contributed by atoms with van der Waals surface area (Å²) in [5, 5.41) is 8.04. The van der Waals surface area contributed by atoms with Gasteiger partial charge < -0.3 is 10.2 Å². The van der Waals surface area contributed by atoms with E-state index in [0.29, 0.717) is 12.0 Å². The maximum Gasteiger partial charge on any atom is 0.131 e. The molecule has 1 aromatic rings. The van der Waals surface area contributed by atoms with E-state index in [2.05, 4.69) is 56.9 Å². The summed E-state index contributed by atoms with van der Waals surface area (Å²) < 4.78 is 2.03.